The van der Waals surface area contributed by atoms with Gasteiger partial charge in [-0.3, -0.25) is 4.79 Å². The third kappa shape index (κ3) is 2.73. The van der Waals surface area contributed by atoms with Crippen LogP contribution in [-0.2, 0) is 4.79 Å². The van der Waals surface area contributed by atoms with Gasteiger partial charge in [-0.1, -0.05) is 0 Å². The molecule has 0 aliphatic carbocycles. The number of carbonyl (C=O) groups is 2. The normalized spacial score (nSPS) is 18.6. The number of carboxylic acids is 1. The number of hydrogen-bond donors (Lipinski definition) is 1. The Kier molecular flexibility index (Phi) is 4.09. The fourth-order valence-corrected chi connectivity index (χ4v) is 2.73. The van der Waals surface area contributed by atoms with Crippen molar-refractivity contribution in [3.05, 3.63) is 29.6 Å². The van der Waals surface area contributed by atoms with Crippen LogP contribution < -0.4 is 0 Å². The van der Waals surface area contributed by atoms with Crippen LogP contribution in [0.1, 0.15) is 23.2 Å². The fourth-order valence-electron chi connectivity index (χ4n) is 2.23. The molecule has 0 aromatic heterocycles. The Hall–Kier alpha value is -1.56. The Morgan fingerprint density at radius 3 is 2.84 bits per heavy atom. The van der Waals surface area contributed by atoms with Gasteiger partial charge in [0.25, 0.3) is 5.91 Å². The molecule has 1 fully saturated rings. The van der Waals surface area contributed by atoms with E-state index in [-0.39, 0.29) is 11.7 Å². The number of halogens is 1. The van der Waals surface area contributed by atoms with Crippen molar-refractivity contribution in [2.75, 3.05) is 12.8 Å². The predicted octanol–water partition coefficient (Wildman–Crippen LogP) is 2.24. The molecule has 1 heterocycles. The van der Waals surface area contributed by atoms with Gasteiger partial charge in [-0.15, -0.1) is 11.8 Å². The molecule has 0 saturated carbocycles. The van der Waals surface area contributed by atoms with E-state index < -0.39 is 12.0 Å². The monoisotopic (exact) mass is 283 g/mol. The number of rotatable bonds is 3. The van der Waals surface area contributed by atoms with E-state index in [4.69, 9.17) is 5.11 Å². The Labute approximate surface area is 114 Å². The first-order valence-corrected chi connectivity index (χ1v) is 7.14. The van der Waals surface area contributed by atoms with Gasteiger partial charge in [0, 0.05) is 17.0 Å². The minimum Gasteiger partial charge on any atom is -0.480 e. The summed E-state index contributed by atoms with van der Waals surface area (Å²) in [5, 5.41) is 9.07. The van der Waals surface area contributed by atoms with E-state index in [1.807, 2.05) is 0 Å². The summed E-state index contributed by atoms with van der Waals surface area (Å²) in [4.78, 5) is 25.1. The maximum Gasteiger partial charge on any atom is 0.326 e. The first-order valence-electron chi connectivity index (χ1n) is 5.92. The summed E-state index contributed by atoms with van der Waals surface area (Å²) >= 11 is 1.21. The predicted molar refractivity (Wildman–Crippen MR) is 69.9 cm³/mol. The summed E-state index contributed by atoms with van der Waals surface area (Å²) in [6, 6.07) is 3.34. The van der Waals surface area contributed by atoms with Gasteiger partial charge in [0.1, 0.15) is 11.9 Å². The van der Waals surface area contributed by atoms with Crippen molar-refractivity contribution in [2.45, 2.75) is 23.8 Å². The Balaban J connectivity index is 2.26. The van der Waals surface area contributed by atoms with Crippen LogP contribution in [0, 0.1) is 5.82 Å². The lowest BCUT2D eigenvalue weighted by Gasteiger charge is -2.21. The third-order valence-corrected chi connectivity index (χ3v) is 3.95. The van der Waals surface area contributed by atoms with Gasteiger partial charge in [-0.05, 0) is 37.3 Å². The van der Waals surface area contributed by atoms with Gasteiger partial charge in [-0.25, -0.2) is 9.18 Å². The zero-order chi connectivity index (χ0) is 14.0. The molecule has 1 aliphatic heterocycles. The van der Waals surface area contributed by atoms with E-state index in [1.165, 1.54) is 34.9 Å². The van der Waals surface area contributed by atoms with E-state index in [0.717, 1.165) is 0 Å². The van der Waals surface area contributed by atoms with Crippen molar-refractivity contribution in [1.29, 1.82) is 0 Å². The Bertz CT molecular complexity index is 521. The quantitative estimate of drug-likeness (QED) is 0.864. The highest BCUT2D eigenvalue weighted by Crippen LogP contribution is 2.24. The molecule has 2 rings (SSSR count). The second-order valence-electron chi connectivity index (χ2n) is 4.34. The lowest BCUT2D eigenvalue weighted by molar-refractivity contribution is -0.141. The van der Waals surface area contributed by atoms with Crippen LogP contribution in [0.15, 0.2) is 23.1 Å². The number of nitrogens with zero attached hydrogens (tertiary/aromatic N) is 1. The van der Waals surface area contributed by atoms with Crippen LogP contribution in [0.25, 0.3) is 0 Å². The molecule has 1 atom stereocenters. The number of amides is 1. The van der Waals surface area contributed by atoms with E-state index in [0.29, 0.717) is 29.8 Å². The van der Waals surface area contributed by atoms with Gasteiger partial charge in [-0.2, -0.15) is 0 Å². The van der Waals surface area contributed by atoms with Crippen molar-refractivity contribution in [3.8, 4) is 0 Å². The molecule has 1 N–H and O–H groups in total. The molecular weight excluding hydrogens is 269 g/mol. The molecule has 1 aromatic carbocycles. The van der Waals surface area contributed by atoms with Crippen LogP contribution >= 0.6 is 11.8 Å². The van der Waals surface area contributed by atoms with Crippen molar-refractivity contribution in [1.82, 2.24) is 4.90 Å². The van der Waals surface area contributed by atoms with E-state index in [9.17, 15) is 14.0 Å². The Morgan fingerprint density at radius 2 is 2.21 bits per heavy atom. The molecule has 6 heteroatoms. The maximum atomic E-state index is 13.4. The van der Waals surface area contributed by atoms with Gasteiger partial charge in [0.2, 0.25) is 0 Å². The molecule has 19 heavy (non-hydrogen) atoms. The summed E-state index contributed by atoms with van der Waals surface area (Å²) in [6.07, 6.45) is 2.87. The molecule has 0 unspecified atom stereocenters. The largest absolute Gasteiger partial charge is 0.480 e. The molecule has 1 amide bonds. The number of carbonyl (C=O) groups excluding carboxylic acids is 1. The third-order valence-electron chi connectivity index (χ3n) is 3.20. The molecule has 102 valence electrons. The Morgan fingerprint density at radius 1 is 1.47 bits per heavy atom. The minimum absolute atomic E-state index is 0.332. The highest BCUT2D eigenvalue weighted by atomic mass is 32.2. The van der Waals surface area contributed by atoms with Crippen LogP contribution in [0.5, 0.6) is 0 Å². The van der Waals surface area contributed by atoms with E-state index in [2.05, 4.69) is 0 Å². The number of likely N-dealkylation sites (tertiary alicyclic amines) is 1. The standard InChI is InChI=1S/C13H14FNO3S/c1-19-11-7-8(4-5-9(11)14)12(16)15-6-2-3-10(15)13(17)18/h4-5,7,10H,2-3,6H2,1H3,(H,17,18)/t10-/m0/s1. The van der Waals surface area contributed by atoms with Gasteiger partial charge in [0.15, 0.2) is 0 Å². The molecule has 0 radical (unpaired) electrons. The highest BCUT2D eigenvalue weighted by molar-refractivity contribution is 7.98. The smallest absolute Gasteiger partial charge is 0.326 e. The number of carboxylic acid groups (broad SMARTS) is 1. The molecule has 4 nitrogen and oxygen atoms in total. The molecular formula is C13H14FNO3S. The summed E-state index contributed by atoms with van der Waals surface area (Å²) < 4.78 is 13.4. The zero-order valence-electron chi connectivity index (χ0n) is 10.4. The van der Waals surface area contributed by atoms with Crippen LogP contribution in [0.3, 0.4) is 0 Å². The highest BCUT2D eigenvalue weighted by Gasteiger charge is 2.34. The minimum atomic E-state index is -0.988. The van der Waals surface area contributed by atoms with Gasteiger partial charge in [0.05, 0.1) is 0 Å². The van der Waals surface area contributed by atoms with Gasteiger partial charge >= 0.3 is 5.97 Å². The molecule has 1 aliphatic rings. The zero-order valence-corrected chi connectivity index (χ0v) is 11.2. The van der Waals surface area contributed by atoms with Crippen LogP contribution in [-0.4, -0.2) is 40.7 Å². The topological polar surface area (TPSA) is 57.6 Å². The summed E-state index contributed by atoms with van der Waals surface area (Å²) in [6.45, 7) is 0.432. The van der Waals surface area contributed by atoms with Crippen molar-refractivity contribution < 1.29 is 19.1 Å². The first kappa shape index (κ1) is 13.9. The van der Waals surface area contributed by atoms with Crippen LogP contribution in [0.4, 0.5) is 4.39 Å². The van der Waals surface area contributed by atoms with Crippen LogP contribution in [0.2, 0.25) is 0 Å². The number of aliphatic carboxylic acids is 1. The van der Waals surface area contributed by atoms with Gasteiger partial charge < -0.3 is 10.0 Å². The maximum absolute atomic E-state index is 13.4. The van der Waals surface area contributed by atoms with E-state index in [1.54, 1.807) is 6.26 Å². The number of hydrogen-bond acceptors (Lipinski definition) is 3. The number of thioether (sulfide) groups is 1. The molecule has 1 aromatic rings. The first-order chi connectivity index (χ1) is 9.04. The second-order valence-corrected chi connectivity index (χ2v) is 5.19. The summed E-state index contributed by atoms with van der Waals surface area (Å²) in [7, 11) is 0. The van der Waals surface area contributed by atoms with Crippen molar-refractivity contribution >= 4 is 23.6 Å². The second kappa shape index (κ2) is 5.61. The number of benzene rings is 1. The molecule has 0 spiro atoms. The average molecular weight is 283 g/mol. The fraction of sp³-hybridized carbons (Fsp3) is 0.385. The summed E-state index contributed by atoms with van der Waals surface area (Å²) in [5.74, 6) is -1.71. The lowest BCUT2D eigenvalue weighted by atomic mass is 10.1. The molecule has 1 saturated heterocycles. The average Bonchev–Trinajstić information content (AvgIpc) is 2.87. The SMILES string of the molecule is CSc1cc(C(=O)N2CCC[C@H]2C(=O)O)ccc1F. The molecule has 0 bridgehead atoms. The van der Waals surface area contributed by atoms with Crippen molar-refractivity contribution in [2.24, 2.45) is 0 Å². The van der Waals surface area contributed by atoms with Crippen molar-refractivity contribution in [3.63, 3.8) is 0 Å². The summed E-state index contributed by atoms with van der Waals surface area (Å²) in [5.41, 5.74) is 0.332. The lowest BCUT2D eigenvalue weighted by Crippen LogP contribution is -2.40. The van der Waals surface area contributed by atoms with E-state index >= 15 is 0 Å².